The van der Waals surface area contributed by atoms with E-state index in [4.69, 9.17) is 14.2 Å². The number of carbonyl (C=O) groups is 2. The summed E-state index contributed by atoms with van der Waals surface area (Å²) in [6.07, 6.45) is 1.65. The maximum atomic E-state index is 12.4. The number of thiophene rings is 1. The summed E-state index contributed by atoms with van der Waals surface area (Å²) < 4.78 is 15.8. The summed E-state index contributed by atoms with van der Waals surface area (Å²) in [5, 5.41) is 3.98. The second-order valence-corrected chi connectivity index (χ2v) is 7.11. The zero-order valence-corrected chi connectivity index (χ0v) is 16.3. The highest BCUT2D eigenvalue weighted by Crippen LogP contribution is 2.33. The van der Waals surface area contributed by atoms with Crippen LogP contribution in [-0.4, -0.2) is 44.1 Å². The second-order valence-electron chi connectivity index (χ2n) is 6.33. The monoisotopic (exact) mass is 389 g/mol. The number of carbonyl (C=O) groups excluding carboxylic acids is 2. The average molecular weight is 389 g/mol. The van der Waals surface area contributed by atoms with Crippen LogP contribution in [-0.2, 0) is 33.7 Å². The van der Waals surface area contributed by atoms with E-state index >= 15 is 0 Å². The molecule has 0 radical (unpaired) electrons. The van der Waals surface area contributed by atoms with Crippen LogP contribution >= 0.6 is 11.3 Å². The highest BCUT2D eigenvalue weighted by atomic mass is 32.1. The normalized spacial score (nSPS) is 13.0. The summed E-state index contributed by atoms with van der Waals surface area (Å²) in [6, 6.07) is 5.85. The lowest BCUT2D eigenvalue weighted by molar-refractivity contribution is -0.152. The third-order valence-corrected chi connectivity index (χ3v) is 5.36. The van der Waals surface area contributed by atoms with Crippen molar-refractivity contribution in [1.82, 2.24) is 4.90 Å². The molecular formula is C20H23NO5S. The number of benzene rings is 1. The molecule has 0 spiro atoms. The lowest BCUT2D eigenvalue weighted by Gasteiger charge is -2.29. The Kier molecular flexibility index (Phi) is 6.34. The molecule has 27 heavy (non-hydrogen) atoms. The van der Waals surface area contributed by atoms with Crippen molar-refractivity contribution < 1.29 is 23.8 Å². The Morgan fingerprint density at radius 2 is 1.89 bits per heavy atom. The molecule has 1 aliphatic rings. The Bertz CT molecular complexity index is 803. The van der Waals surface area contributed by atoms with Gasteiger partial charge < -0.3 is 19.1 Å². The zero-order valence-electron chi connectivity index (χ0n) is 15.5. The fraction of sp³-hybridized carbons (Fsp3) is 0.400. The van der Waals surface area contributed by atoms with Crippen LogP contribution < -0.4 is 9.47 Å². The minimum Gasteiger partial charge on any atom is -0.493 e. The molecule has 0 N–H and O–H groups in total. The lowest BCUT2D eigenvalue weighted by Crippen LogP contribution is -2.38. The van der Waals surface area contributed by atoms with Gasteiger partial charge in [-0.05, 0) is 58.5 Å². The maximum absolute atomic E-state index is 12.4. The van der Waals surface area contributed by atoms with Crippen LogP contribution in [0, 0.1) is 0 Å². The van der Waals surface area contributed by atoms with Crippen molar-refractivity contribution in [3.63, 3.8) is 0 Å². The molecule has 0 bridgehead atoms. The molecule has 1 amide bonds. The summed E-state index contributed by atoms with van der Waals surface area (Å²) in [5.41, 5.74) is 3.28. The highest BCUT2D eigenvalue weighted by molar-refractivity contribution is 7.07. The first kappa shape index (κ1) is 19.2. The molecule has 2 aromatic rings. The number of fused-ring (bicyclic) bond motifs is 1. The summed E-state index contributed by atoms with van der Waals surface area (Å²) in [5.74, 6) is 0.804. The fourth-order valence-electron chi connectivity index (χ4n) is 3.08. The van der Waals surface area contributed by atoms with Crippen molar-refractivity contribution in [3.05, 3.63) is 45.6 Å². The number of ether oxygens (including phenoxy) is 3. The van der Waals surface area contributed by atoms with E-state index in [2.05, 4.69) is 0 Å². The van der Waals surface area contributed by atoms with Gasteiger partial charge in [0.1, 0.15) is 0 Å². The van der Waals surface area contributed by atoms with E-state index in [1.54, 1.807) is 30.5 Å². The van der Waals surface area contributed by atoms with Gasteiger partial charge in [-0.2, -0.15) is 11.3 Å². The van der Waals surface area contributed by atoms with Gasteiger partial charge >= 0.3 is 5.97 Å². The predicted molar refractivity (Wildman–Crippen MR) is 102 cm³/mol. The number of hydrogen-bond donors (Lipinski definition) is 0. The number of amides is 1. The average Bonchev–Trinajstić information content (AvgIpc) is 3.22. The molecule has 2 heterocycles. The molecule has 0 saturated carbocycles. The molecular weight excluding hydrogens is 366 g/mol. The first-order valence-electron chi connectivity index (χ1n) is 8.79. The number of rotatable bonds is 7. The lowest BCUT2D eigenvalue weighted by atomic mass is 9.99. The highest BCUT2D eigenvalue weighted by Gasteiger charge is 2.23. The standard InChI is InChI=1S/C20H23NO5S/c1-24-17-9-15-5-7-21(11-16(15)10-18(17)25-2)19(22)12-26-20(23)4-3-14-6-8-27-13-14/h6,8-10,13H,3-5,7,11-12H2,1-2H3. The molecule has 0 unspecified atom stereocenters. The van der Waals surface area contributed by atoms with Crippen molar-refractivity contribution in [2.45, 2.75) is 25.8 Å². The Labute approximate surface area is 162 Å². The number of aryl methyl sites for hydroxylation is 1. The minimum absolute atomic E-state index is 0.181. The van der Waals surface area contributed by atoms with Crippen molar-refractivity contribution in [1.29, 1.82) is 0 Å². The molecule has 0 atom stereocenters. The van der Waals surface area contributed by atoms with Gasteiger partial charge in [0.15, 0.2) is 18.1 Å². The van der Waals surface area contributed by atoms with Gasteiger partial charge in [-0.3, -0.25) is 9.59 Å². The first-order valence-corrected chi connectivity index (χ1v) is 9.73. The Morgan fingerprint density at radius 1 is 1.15 bits per heavy atom. The van der Waals surface area contributed by atoms with E-state index in [-0.39, 0.29) is 24.9 Å². The molecule has 7 heteroatoms. The van der Waals surface area contributed by atoms with Crippen LogP contribution in [0.25, 0.3) is 0 Å². The molecule has 144 valence electrons. The molecule has 3 rings (SSSR count). The van der Waals surface area contributed by atoms with E-state index in [9.17, 15) is 9.59 Å². The third-order valence-electron chi connectivity index (χ3n) is 4.63. The van der Waals surface area contributed by atoms with E-state index in [1.807, 2.05) is 29.0 Å². The Balaban J connectivity index is 1.52. The summed E-state index contributed by atoms with van der Waals surface area (Å²) >= 11 is 1.60. The van der Waals surface area contributed by atoms with E-state index in [0.717, 1.165) is 23.1 Å². The smallest absolute Gasteiger partial charge is 0.306 e. The topological polar surface area (TPSA) is 65.1 Å². The van der Waals surface area contributed by atoms with E-state index in [0.29, 0.717) is 31.0 Å². The van der Waals surface area contributed by atoms with Crippen molar-refractivity contribution in [2.24, 2.45) is 0 Å². The Morgan fingerprint density at radius 3 is 2.56 bits per heavy atom. The maximum Gasteiger partial charge on any atom is 0.306 e. The van der Waals surface area contributed by atoms with Gasteiger partial charge in [0, 0.05) is 19.5 Å². The number of esters is 1. The number of nitrogens with zero attached hydrogens (tertiary/aromatic N) is 1. The molecule has 1 aliphatic heterocycles. The summed E-state index contributed by atoms with van der Waals surface area (Å²) in [6.45, 7) is 0.847. The van der Waals surface area contributed by atoms with Gasteiger partial charge in [0.2, 0.25) is 0 Å². The van der Waals surface area contributed by atoms with Crippen LogP contribution in [0.2, 0.25) is 0 Å². The van der Waals surface area contributed by atoms with E-state index in [1.165, 1.54) is 0 Å². The SMILES string of the molecule is COc1cc2c(cc1OC)CN(C(=O)COC(=O)CCc1ccsc1)CC2. The van der Waals surface area contributed by atoms with Gasteiger partial charge in [-0.25, -0.2) is 0 Å². The molecule has 1 aromatic heterocycles. The molecule has 0 aliphatic carbocycles. The predicted octanol–water partition coefficient (Wildman–Crippen LogP) is 2.83. The van der Waals surface area contributed by atoms with E-state index < -0.39 is 0 Å². The van der Waals surface area contributed by atoms with Gasteiger partial charge in [-0.15, -0.1) is 0 Å². The van der Waals surface area contributed by atoms with Crippen LogP contribution in [0.4, 0.5) is 0 Å². The van der Waals surface area contributed by atoms with Gasteiger partial charge in [0.05, 0.1) is 14.2 Å². The van der Waals surface area contributed by atoms with Crippen molar-refractivity contribution in [2.75, 3.05) is 27.4 Å². The van der Waals surface area contributed by atoms with Crippen molar-refractivity contribution in [3.8, 4) is 11.5 Å². The quantitative estimate of drug-likeness (QED) is 0.682. The molecule has 6 nitrogen and oxygen atoms in total. The van der Waals surface area contributed by atoms with Crippen molar-refractivity contribution >= 4 is 23.2 Å². The van der Waals surface area contributed by atoms with Crippen LogP contribution in [0.15, 0.2) is 29.0 Å². The fourth-order valence-corrected chi connectivity index (χ4v) is 3.79. The van der Waals surface area contributed by atoms with Crippen LogP contribution in [0.5, 0.6) is 11.5 Å². The summed E-state index contributed by atoms with van der Waals surface area (Å²) in [4.78, 5) is 26.0. The second kappa shape index (κ2) is 8.90. The number of hydrogen-bond acceptors (Lipinski definition) is 6. The largest absolute Gasteiger partial charge is 0.493 e. The van der Waals surface area contributed by atoms with Gasteiger partial charge in [-0.1, -0.05) is 0 Å². The Hall–Kier alpha value is -2.54. The first-order chi connectivity index (χ1) is 13.1. The third kappa shape index (κ3) is 4.80. The van der Waals surface area contributed by atoms with Crippen LogP contribution in [0.3, 0.4) is 0 Å². The molecule has 0 fully saturated rings. The van der Waals surface area contributed by atoms with Crippen LogP contribution in [0.1, 0.15) is 23.1 Å². The van der Waals surface area contributed by atoms with Gasteiger partial charge in [0.25, 0.3) is 5.91 Å². The molecule has 1 aromatic carbocycles. The summed E-state index contributed by atoms with van der Waals surface area (Å²) in [7, 11) is 3.20. The zero-order chi connectivity index (χ0) is 19.2. The number of methoxy groups -OCH3 is 2. The minimum atomic E-state index is -0.349. The molecule has 0 saturated heterocycles.